The second kappa shape index (κ2) is 8.99. The van der Waals surface area contributed by atoms with E-state index < -0.39 is 29.8 Å². The maximum absolute atomic E-state index is 12.2. The molecule has 0 radical (unpaired) electrons. The highest BCUT2D eigenvalue weighted by atomic mass is 16.5. The van der Waals surface area contributed by atoms with Crippen molar-refractivity contribution in [3.05, 3.63) is 48.0 Å². The molecule has 0 aliphatic carbocycles. The van der Waals surface area contributed by atoms with Crippen molar-refractivity contribution < 1.29 is 24.2 Å². The van der Waals surface area contributed by atoms with Gasteiger partial charge < -0.3 is 15.2 Å². The van der Waals surface area contributed by atoms with E-state index in [0.29, 0.717) is 0 Å². The topological polar surface area (TPSA) is 92.7 Å². The van der Waals surface area contributed by atoms with Gasteiger partial charge in [-0.05, 0) is 29.7 Å². The molecular formula is C20H23NO5. The molecule has 0 fully saturated rings. The lowest BCUT2D eigenvalue weighted by Gasteiger charge is -2.18. The summed E-state index contributed by atoms with van der Waals surface area (Å²) < 4.78 is 4.88. The molecule has 0 spiro atoms. The number of fused-ring (bicyclic) bond motifs is 1. The Morgan fingerprint density at radius 2 is 1.81 bits per heavy atom. The van der Waals surface area contributed by atoms with E-state index in [0.717, 1.165) is 16.3 Å². The summed E-state index contributed by atoms with van der Waals surface area (Å²) in [7, 11) is 0. The van der Waals surface area contributed by atoms with Crippen LogP contribution in [0.5, 0.6) is 0 Å². The van der Waals surface area contributed by atoms with Crippen LogP contribution in [-0.2, 0) is 25.5 Å². The number of carboxylic acids is 1. The van der Waals surface area contributed by atoms with Gasteiger partial charge in [-0.2, -0.15) is 0 Å². The third-order valence-corrected chi connectivity index (χ3v) is 4.09. The van der Waals surface area contributed by atoms with Gasteiger partial charge in [-0.25, -0.2) is 4.79 Å². The molecular weight excluding hydrogens is 334 g/mol. The van der Waals surface area contributed by atoms with Crippen LogP contribution in [0.2, 0.25) is 0 Å². The fraction of sp³-hybridized carbons (Fsp3) is 0.350. The first-order chi connectivity index (χ1) is 12.4. The van der Waals surface area contributed by atoms with E-state index in [9.17, 15) is 19.5 Å². The number of aliphatic carboxylic acids is 1. The molecule has 2 atom stereocenters. The maximum Gasteiger partial charge on any atom is 0.326 e. The van der Waals surface area contributed by atoms with Crippen molar-refractivity contribution >= 4 is 28.6 Å². The molecule has 0 aliphatic rings. The molecule has 0 aromatic heterocycles. The van der Waals surface area contributed by atoms with E-state index in [1.165, 1.54) is 0 Å². The molecule has 0 saturated heterocycles. The largest absolute Gasteiger partial charge is 0.480 e. The van der Waals surface area contributed by atoms with Crippen molar-refractivity contribution in [2.24, 2.45) is 5.92 Å². The molecule has 6 nitrogen and oxygen atoms in total. The zero-order valence-electron chi connectivity index (χ0n) is 14.9. The first-order valence-corrected chi connectivity index (χ1v) is 8.57. The number of amides is 1. The minimum Gasteiger partial charge on any atom is -0.480 e. The third kappa shape index (κ3) is 5.31. The molecule has 2 rings (SSSR count). The van der Waals surface area contributed by atoms with Crippen LogP contribution < -0.4 is 5.32 Å². The third-order valence-electron chi connectivity index (χ3n) is 4.09. The second-order valence-corrected chi connectivity index (χ2v) is 6.21. The summed E-state index contributed by atoms with van der Waals surface area (Å²) in [6.07, 6.45) is 0.0556. The first-order valence-electron chi connectivity index (χ1n) is 8.57. The molecule has 0 aliphatic heterocycles. The SMILES string of the molecule is CCOC(=O)[C@H](C)C[C@@H](NC(=O)Cc1ccc2ccccc2c1)C(=O)O. The van der Waals surface area contributed by atoms with Gasteiger partial charge >= 0.3 is 11.9 Å². The number of carbonyl (C=O) groups is 3. The van der Waals surface area contributed by atoms with E-state index in [1.54, 1.807) is 13.8 Å². The summed E-state index contributed by atoms with van der Waals surface area (Å²) in [5, 5.41) is 13.9. The maximum atomic E-state index is 12.2. The lowest BCUT2D eigenvalue weighted by Crippen LogP contribution is -2.43. The fourth-order valence-electron chi connectivity index (χ4n) is 2.74. The number of carbonyl (C=O) groups excluding carboxylic acids is 2. The molecule has 26 heavy (non-hydrogen) atoms. The Labute approximate surface area is 152 Å². The Morgan fingerprint density at radius 3 is 2.46 bits per heavy atom. The van der Waals surface area contributed by atoms with Gasteiger partial charge in [0, 0.05) is 0 Å². The van der Waals surface area contributed by atoms with Gasteiger partial charge in [-0.15, -0.1) is 0 Å². The molecule has 0 unspecified atom stereocenters. The van der Waals surface area contributed by atoms with Crippen molar-refractivity contribution in [2.75, 3.05) is 6.61 Å². The van der Waals surface area contributed by atoms with Gasteiger partial charge in [0.05, 0.1) is 18.9 Å². The molecule has 2 aromatic rings. The predicted molar refractivity (Wildman–Crippen MR) is 97.6 cm³/mol. The van der Waals surface area contributed by atoms with Crippen molar-refractivity contribution in [1.82, 2.24) is 5.32 Å². The molecule has 0 saturated carbocycles. The normalized spacial score (nSPS) is 13.0. The van der Waals surface area contributed by atoms with Gasteiger partial charge in [0.15, 0.2) is 0 Å². The van der Waals surface area contributed by atoms with Gasteiger partial charge in [0.25, 0.3) is 0 Å². The number of rotatable bonds is 8. The highest BCUT2D eigenvalue weighted by Crippen LogP contribution is 2.16. The zero-order valence-corrected chi connectivity index (χ0v) is 14.9. The minimum atomic E-state index is -1.17. The first kappa shape index (κ1) is 19.4. The average Bonchev–Trinajstić information content (AvgIpc) is 2.61. The summed E-state index contributed by atoms with van der Waals surface area (Å²) in [4.78, 5) is 35.3. The molecule has 2 N–H and O–H groups in total. The highest BCUT2D eigenvalue weighted by Gasteiger charge is 2.26. The number of benzene rings is 2. The predicted octanol–water partition coefficient (Wildman–Crippen LogP) is 2.54. The van der Waals surface area contributed by atoms with Crippen molar-refractivity contribution in [3.63, 3.8) is 0 Å². The van der Waals surface area contributed by atoms with E-state index in [4.69, 9.17) is 4.74 Å². The van der Waals surface area contributed by atoms with Gasteiger partial charge in [-0.3, -0.25) is 9.59 Å². The number of carboxylic acid groups (broad SMARTS) is 1. The van der Waals surface area contributed by atoms with Crippen LogP contribution in [0.3, 0.4) is 0 Å². The van der Waals surface area contributed by atoms with Gasteiger partial charge in [0.1, 0.15) is 6.04 Å². The zero-order chi connectivity index (χ0) is 19.1. The van der Waals surface area contributed by atoms with Crippen LogP contribution in [0.4, 0.5) is 0 Å². The van der Waals surface area contributed by atoms with E-state index >= 15 is 0 Å². The molecule has 6 heteroatoms. The van der Waals surface area contributed by atoms with Crippen LogP contribution in [0.25, 0.3) is 10.8 Å². The monoisotopic (exact) mass is 357 g/mol. The molecule has 0 bridgehead atoms. The van der Waals surface area contributed by atoms with Crippen LogP contribution in [0, 0.1) is 5.92 Å². The van der Waals surface area contributed by atoms with Crippen LogP contribution in [0.1, 0.15) is 25.8 Å². The summed E-state index contributed by atoms with van der Waals surface area (Å²) >= 11 is 0. The number of hydrogen-bond acceptors (Lipinski definition) is 4. The summed E-state index contributed by atoms with van der Waals surface area (Å²) in [5.74, 6) is -2.66. The second-order valence-electron chi connectivity index (χ2n) is 6.21. The Balaban J connectivity index is 2.00. The molecule has 2 aromatic carbocycles. The van der Waals surface area contributed by atoms with E-state index in [2.05, 4.69) is 5.32 Å². The van der Waals surface area contributed by atoms with E-state index in [-0.39, 0.29) is 19.4 Å². The smallest absolute Gasteiger partial charge is 0.326 e. The average molecular weight is 357 g/mol. The Kier molecular flexibility index (Phi) is 6.72. The van der Waals surface area contributed by atoms with Crippen LogP contribution in [-0.4, -0.2) is 35.6 Å². The Morgan fingerprint density at radius 1 is 1.12 bits per heavy atom. The highest BCUT2D eigenvalue weighted by molar-refractivity contribution is 5.87. The number of ether oxygens (including phenoxy) is 1. The fourth-order valence-corrected chi connectivity index (χ4v) is 2.74. The number of hydrogen-bond donors (Lipinski definition) is 2. The van der Waals surface area contributed by atoms with Crippen molar-refractivity contribution in [2.45, 2.75) is 32.7 Å². The van der Waals surface area contributed by atoms with Crippen molar-refractivity contribution in [1.29, 1.82) is 0 Å². The minimum absolute atomic E-state index is 0.0162. The van der Waals surface area contributed by atoms with Crippen molar-refractivity contribution in [3.8, 4) is 0 Å². The van der Waals surface area contributed by atoms with Crippen LogP contribution in [0.15, 0.2) is 42.5 Å². The van der Waals surface area contributed by atoms with E-state index in [1.807, 2.05) is 42.5 Å². The van der Waals surface area contributed by atoms with Crippen LogP contribution >= 0.6 is 0 Å². The Hall–Kier alpha value is -2.89. The standard InChI is InChI=1S/C20H23NO5/c1-3-26-20(25)13(2)10-17(19(23)24)21-18(22)12-14-8-9-15-6-4-5-7-16(15)11-14/h4-9,11,13,17H,3,10,12H2,1-2H3,(H,21,22)(H,23,24)/t13-,17-/m1/s1. The molecule has 0 heterocycles. The summed E-state index contributed by atoms with van der Waals surface area (Å²) in [6.45, 7) is 3.50. The molecule has 1 amide bonds. The quantitative estimate of drug-likeness (QED) is 0.708. The summed E-state index contributed by atoms with van der Waals surface area (Å²) in [5.41, 5.74) is 0.795. The number of nitrogens with one attached hydrogen (secondary N) is 1. The lowest BCUT2D eigenvalue weighted by atomic mass is 10.0. The molecule has 138 valence electrons. The summed E-state index contributed by atoms with van der Waals surface area (Å²) in [6, 6.07) is 12.3. The number of esters is 1. The van der Waals surface area contributed by atoms with Gasteiger partial charge in [0.2, 0.25) is 5.91 Å². The van der Waals surface area contributed by atoms with Gasteiger partial charge in [-0.1, -0.05) is 49.4 Å². The Bertz CT molecular complexity index is 802. The lowest BCUT2D eigenvalue weighted by molar-refractivity contribution is -0.149.